The van der Waals surface area contributed by atoms with E-state index in [4.69, 9.17) is 5.11 Å². The Kier molecular flexibility index (Phi) is 6.08. The molecule has 0 radical (unpaired) electrons. The number of nitrogens with zero attached hydrogens (tertiary/aromatic N) is 1. The summed E-state index contributed by atoms with van der Waals surface area (Å²) >= 11 is 0. The minimum absolute atomic E-state index is 0. The maximum Gasteiger partial charge on any atom is 0.405 e. The van der Waals surface area contributed by atoms with Crippen LogP contribution in [0.15, 0.2) is 24.3 Å². The lowest BCUT2D eigenvalue weighted by atomic mass is 10.0. The molecule has 1 saturated heterocycles. The van der Waals surface area contributed by atoms with Gasteiger partial charge >= 0.3 is 12.1 Å². The number of benzene rings is 1. The van der Waals surface area contributed by atoms with E-state index < -0.39 is 24.1 Å². The zero-order valence-corrected chi connectivity index (χ0v) is 12.7. The van der Waals surface area contributed by atoms with Gasteiger partial charge < -0.3 is 15.3 Å². The van der Waals surface area contributed by atoms with Gasteiger partial charge in [-0.3, -0.25) is 4.79 Å². The number of halogens is 4. The molecule has 1 fully saturated rings. The largest absolute Gasteiger partial charge is 0.481 e. The third kappa shape index (κ3) is 4.27. The van der Waals surface area contributed by atoms with Crippen LogP contribution in [0.3, 0.4) is 0 Å². The first-order chi connectivity index (χ1) is 9.79. The van der Waals surface area contributed by atoms with Crippen molar-refractivity contribution in [2.24, 2.45) is 0 Å². The van der Waals surface area contributed by atoms with Crippen LogP contribution in [0.1, 0.15) is 18.4 Å². The van der Waals surface area contributed by atoms with E-state index in [-0.39, 0.29) is 25.5 Å². The van der Waals surface area contributed by atoms with Crippen LogP contribution in [0.25, 0.3) is 0 Å². The first-order valence-corrected chi connectivity index (χ1v) is 6.67. The van der Waals surface area contributed by atoms with Gasteiger partial charge in [0.05, 0.1) is 5.92 Å². The molecule has 0 aliphatic carbocycles. The van der Waals surface area contributed by atoms with Gasteiger partial charge in [0, 0.05) is 25.3 Å². The summed E-state index contributed by atoms with van der Waals surface area (Å²) in [5.74, 6) is -1.56. The number of piperazine rings is 1. The first-order valence-electron chi connectivity index (χ1n) is 6.67. The Hall–Kier alpha value is -1.47. The van der Waals surface area contributed by atoms with Crippen molar-refractivity contribution in [3.8, 4) is 0 Å². The molecule has 0 saturated carbocycles. The first kappa shape index (κ1) is 18.6. The van der Waals surface area contributed by atoms with Crippen LogP contribution in [-0.4, -0.2) is 42.9 Å². The molecule has 1 aliphatic rings. The van der Waals surface area contributed by atoms with Crippen LogP contribution in [0.2, 0.25) is 0 Å². The molecule has 2 unspecified atom stereocenters. The molecule has 0 aromatic heterocycles. The smallest absolute Gasteiger partial charge is 0.405 e. The van der Waals surface area contributed by atoms with Crippen LogP contribution < -0.4 is 10.2 Å². The monoisotopic (exact) mass is 338 g/mol. The van der Waals surface area contributed by atoms with Gasteiger partial charge in [0.1, 0.15) is 6.04 Å². The fourth-order valence-corrected chi connectivity index (χ4v) is 2.32. The molecule has 1 aromatic carbocycles. The number of hydrogen-bond acceptors (Lipinski definition) is 3. The molecule has 1 aliphatic heterocycles. The van der Waals surface area contributed by atoms with E-state index in [2.05, 4.69) is 5.32 Å². The van der Waals surface area contributed by atoms with Gasteiger partial charge in [-0.1, -0.05) is 12.1 Å². The lowest BCUT2D eigenvalue weighted by Crippen LogP contribution is -2.57. The van der Waals surface area contributed by atoms with E-state index in [9.17, 15) is 18.0 Å². The zero-order chi connectivity index (χ0) is 15.6. The van der Waals surface area contributed by atoms with Crippen LogP contribution in [0, 0.1) is 0 Å². The third-order valence-electron chi connectivity index (χ3n) is 3.70. The fourth-order valence-electron chi connectivity index (χ4n) is 2.32. The summed E-state index contributed by atoms with van der Waals surface area (Å²) < 4.78 is 38.2. The number of anilines is 1. The Morgan fingerprint density at radius 1 is 1.36 bits per heavy atom. The van der Waals surface area contributed by atoms with Gasteiger partial charge in [-0.25, -0.2) is 0 Å². The van der Waals surface area contributed by atoms with E-state index >= 15 is 0 Å². The van der Waals surface area contributed by atoms with Crippen molar-refractivity contribution in [2.75, 3.05) is 24.5 Å². The topological polar surface area (TPSA) is 52.6 Å². The summed E-state index contributed by atoms with van der Waals surface area (Å²) in [6.07, 6.45) is -4.27. The second-order valence-corrected chi connectivity index (χ2v) is 5.15. The number of rotatable bonds is 3. The number of carboxylic acid groups (broad SMARTS) is 1. The van der Waals surface area contributed by atoms with Crippen molar-refractivity contribution >= 4 is 24.1 Å². The molecule has 0 spiro atoms. The quantitative estimate of drug-likeness (QED) is 0.889. The molecule has 2 rings (SSSR count). The summed E-state index contributed by atoms with van der Waals surface area (Å²) in [4.78, 5) is 12.6. The minimum Gasteiger partial charge on any atom is -0.481 e. The highest BCUT2D eigenvalue weighted by Gasteiger charge is 2.41. The van der Waals surface area contributed by atoms with Crippen LogP contribution in [-0.2, 0) is 4.79 Å². The maximum absolute atomic E-state index is 12.7. The maximum atomic E-state index is 12.7. The normalized spacial score (nSPS) is 20.2. The molecule has 0 bridgehead atoms. The van der Waals surface area contributed by atoms with Gasteiger partial charge in [0.25, 0.3) is 0 Å². The molecule has 1 heterocycles. The van der Waals surface area contributed by atoms with Crippen molar-refractivity contribution in [1.29, 1.82) is 0 Å². The molecular weight excluding hydrogens is 321 g/mol. The Morgan fingerprint density at radius 3 is 2.45 bits per heavy atom. The predicted molar refractivity (Wildman–Crippen MR) is 79.8 cm³/mol. The number of hydrogen-bond donors (Lipinski definition) is 2. The average molecular weight is 339 g/mol. The van der Waals surface area contributed by atoms with Gasteiger partial charge in [0.2, 0.25) is 0 Å². The Morgan fingerprint density at radius 2 is 1.95 bits per heavy atom. The molecule has 2 atom stereocenters. The van der Waals surface area contributed by atoms with Gasteiger partial charge in [-0.15, -0.1) is 12.4 Å². The molecule has 4 nitrogen and oxygen atoms in total. The zero-order valence-electron chi connectivity index (χ0n) is 11.9. The summed E-state index contributed by atoms with van der Waals surface area (Å²) in [5, 5.41) is 11.4. The lowest BCUT2D eigenvalue weighted by molar-refractivity contribution is -0.155. The molecule has 22 heavy (non-hydrogen) atoms. The second-order valence-electron chi connectivity index (χ2n) is 5.15. The lowest BCUT2D eigenvalue weighted by Gasteiger charge is -2.36. The summed E-state index contributed by atoms with van der Waals surface area (Å²) in [5.41, 5.74) is 1.31. The molecule has 8 heteroatoms. The van der Waals surface area contributed by atoms with E-state index in [0.717, 1.165) is 0 Å². The number of nitrogens with one attached hydrogen (secondary N) is 1. The number of alkyl halides is 3. The Labute approximate surface area is 132 Å². The number of aliphatic carboxylic acids is 1. The Balaban J connectivity index is 0.00000242. The van der Waals surface area contributed by atoms with Crippen LogP contribution in [0.5, 0.6) is 0 Å². The molecule has 124 valence electrons. The van der Waals surface area contributed by atoms with Gasteiger partial charge in [-0.2, -0.15) is 13.2 Å². The van der Waals surface area contributed by atoms with Crippen molar-refractivity contribution in [3.63, 3.8) is 0 Å². The van der Waals surface area contributed by atoms with E-state index in [0.29, 0.717) is 17.8 Å². The minimum atomic E-state index is -4.27. The van der Waals surface area contributed by atoms with Crippen molar-refractivity contribution in [2.45, 2.75) is 25.1 Å². The highest BCUT2D eigenvalue weighted by Crippen LogP contribution is 2.26. The van der Waals surface area contributed by atoms with Crippen LogP contribution in [0.4, 0.5) is 18.9 Å². The van der Waals surface area contributed by atoms with Crippen molar-refractivity contribution < 1.29 is 23.1 Å². The van der Waals surface area contributed by atoms with Crippen molar-refractivity contribution in [1.82, 2.24) is 5.32 Å². The van der Waals surface area contributed by atoms with Gasteiger partial charge in [-0.05, 0) is 24.6 Å². The average Bonchev–Trinajstić information content (AvgIpc) is 2.46. The fraction of sp³-hybridized carbons (Fsp3) is 0.500. The molecule has 2 N–H and O–H groups in total. The van der Waals surface area contributed by atoms with Crippen LogP contribution >= 0.6 is 12.4 Å². The van der Waals surface area contributed by atoms with Gasteiger partial charge in [0.15, 0.2) is 0 Å². The summed E-state index contributed by atoms with van der Waals surface area (Å²) in [6, 6.07) is 5.11. The number of carbonyl (C=O) groups is 1. The van der Waals surface area contributed by atoms with E-state index in [1.54, 1.807) is 36.1 Å². The summed E-state index contributed by atoms with van der Waals surface area (Å²) in [7, 11) is 0. The Bertz CT molecular complexity index is 508. The predicted octanol–water partition coefficient (Wildman–Crippen LogP) is 2.64. The molecule has 0 amide bonds. The van der Waals surface area contributed by atoms with Crippen molar-refractivity contribution in [3.05, 3.63) is 29.8 Å². The highest BCUT2D eigenvalue weighted by molar-refractivity contribution is 5.85. The summed E-state index contributed by atoms with van der Waals surface area (Å²) in [6.45, 7) is 2.18. The molecular formula is C14H18ClF3N2O2. The third-order valence-corrected chi connectivity index (χ3v) is 3.70. The van der Waals surface area contributed by atoms with E-state index in [1.165, 1.54) is 0 Å². The molecule has 1 aromatic rings. The second kappa shape index (κ2) is 7.19. The van der Waals surface area contributed by atoms with E-state index in [1.807, 2.05) is 0 Å². The number of carboxylic acids is 1. The SMILES string of the molecule is CC(C(=O)O)c1ccc(N2CCNC(C(F)(F)F)C2)cc1.Cl. The standard InChI is InChI=1S/C14H17F3N2O2.ClH/c1-9(13(20)21)10-2-4-11(5-3-10)19-7-6-18-12(8-19)14(15,16)17;/h2-5,9,12,18H,6-8H2,1H3,(H,20,21);1H. The highest BCUT2D eigenvalue weighted by atomic mass is 35.5.